The van der Waals surface area contributed by atoms with Crippen molar-refractivity contribution in [2.75, 3.05) is 32.7 Å². The highest BCUT2D eigenvalue weighted by Gasteiger charge is 2.18. The van der Waals surface area contributed by atoms with Gasteiger partial charge in [0.1, 0.15) is 5.82 Å². The Balaban J connectivity index is 0.00000116. The van der Waals surface area contributed by atoms with Crippen LogP contribution in [0.15, 0.2) is 24.0 Å². The van der Waals surface area contributed by atoms with Gasteiger partial charge >= 0.3 is 0 Å². The molecule has 0 aliphatic carbocycles. The van der Waals surface area contributed by atoms with E-state index in [9.17, 15) is 4.79 Å². The van der Waals surface area contributed by atoms with Crippen LogP contribution in [0.3, 0.4) is 0 Å². The van der Waals surface area contributed by atoms with Crippen LogP contribution in [-0.2, 0) is 27.3 Å². The Labute approximate surface area is 172 Å². The van der Waals surface area contributed by atoms with Crippen molar-refractivity contribution < 1.29 is 24.6 Å². The number of aromatic nitrogens is 2. The third-order valence-corrected chi connectivity index (χ3v) is 4.38. The van der Waals surface area contributed by atoms with E-state index < -0.39 is 0 Å². The van der Waals surface area contributed by atoms with Crippen LogP contribution in [0.25, 0.3) is 0 Å². The average Bonchev–Trinajstić information content (AvgIpc) is 3.01. The molecule has 1 fully saturated rings. The highest BCUT2D eigenvalue weighted by molar-refractivity contribution is 5.76. The Morgan fingerprint density at radius 2 is 1.79 bits per heavy atom. The summed E-state index contributed by atoms with van der Waals surface area (Å²) in [5, 5.41) is 13.8. The Kier molecular flexibility index (Phi) is 14.8. The van der Waals surface area contributed by atoms with Gasteiger partial charge in [-0.15, -0.1) is 0 Å². The van der Waals surface area contributed by atoms with E-state index in [1.165, 1.54) is 5.57 Å². The molecule has 9 nitrogen and oxygen atoms in total. The summed E-state index contributed by atoms with van der Waals surface area (Å²) in [5.41, 5.74) is 1.36. The molecule has 9 heteroatoms. The van der Waals surface area contributed by atoms with E-state index in [4.69, 9.17) is 19.8 Å². The second kappa shape index (κ2) is 16.3. The molecule has 1 aromatic rings. The minimum atomic E-state index is -0.250. The van der Waals surface area contributed by atoms with E-state index in [-0.39, 0.29) is 18.9 Å². The van der Waals surface area contributed by atoms with E-state index in [1.807, 2.05) is 17.3 Å². The van der Waals surface area contributed by atoms with E-state index in [0.29, 0.717) is 6.42 Å². The van der Waals surface area contributed by atoms with Crippen LogP contribution in [0.2, 0.25) is 0 Å². The lowest BCUT2D eigenvalue weighted by Gasteiger charge is -2.21. The van der Waals surface area contributed by atoms with Crippen LogP contribution in [0.1, 0.15) is 39.4 Å². The molecule has 0 unspecified atom stereocenters. The maximum atomic E-state index is 12.5. The molecule has 1 saturated heterocycles. The van der Waals surface area contributed by atoms with Gasteiger partial charge in [-0.1, -0.05) is 18.6 Å². The van der Waals surface area contributed by atoms with Crippen LogP contribution in [0.5, 0.6) is 0 Å². The second-order valence-electron chi connectivity index (χ2n) is 6.67. The quantitative estimate of drug-likeness (QED) is 0.542. The van der Waals surface area contributed by atoms with Gasteiger partial charge in [0.15, 0.2) is 0 Å². The summed E-state index contributed by atoms with van der Waals surface area (Å²) < 4.78 is 2.09. The van der Waals surface area contributed by atoms with Crippen LogP contribution in [0, 0.1) is 0 Å². The molecule has 164 valence electrons. The minimum absolute atomic E-state index is 0.250. The summed E-state index contributed by atoms with van der Waals surface area (Å²) in [6.07, 6.45) is 8.59. The van der Waals surface area contributed by atoms with E-state index in [2.05, 4.69) is 41.3 Å². The lowest BCUT2D eigenvalue weighted by atomic mass is 10.3. The fraction of sp³-hybridized carbons (Fsp3) is 0.600. The van der Waals surface area contributed by atoms with Gasteiger partial charge in [-0.2, -0.15) is 0 Å². The molecule has 0 bridgehead atoms. The molecule has 2 rings (SSSR count). The predicted octanol–water partition coefficient (Wildman–Crippen LogP) is 1.74. The molecule has 1 aliphatic rings. The number of carboxylic acid groups (broad SMARTS) is 2. The molecule has 0 spiro atoms. The van der Waals surface area contributed by atoms with Crippen molar-refractivity contribution in [1.29, 1.82) is 0 Å². The largest absolute Gasteiger partial charge is 0.483 e. The molecular weight excluding hydrogens is 376 g/mol. The number of allylic oxidation sites excluding steroid dienone is 1. The molecule has 0 atom stereocenters. The van der Waals surface area contributed by atoms with Gasteiger partial charge < -0.3 is 19.7 Å². The minimum Gasteiger partial charge on any atom is -0.483 e. The molecule has 1 aromatic heterocycles. The Morgan fingerprint density at radius 1 is 1.14 bits per heavy atom. The van der Waals surface area contributed by atoms with Crippen LogP contribution >= 0.6 is 0 Å². The van der Waals surface area contributed by atoms with Crippen molar-refractivity contribution in [3.8, 4) is 0 Å². The van der Waals surface area contributed by atoms with Crippen LogP contribution in [-0.4, -0.2) is 81.1 Å². The van der Waals surface area contributed by atoms with Gasteiger partial charge in [-0.25, -0.2) is 4.98 Å². The van der Waals surface area contributed by atoms with Crippen molar-refractivity contribution in [2.45, 2.75) is 46.6 Å². The van der Waals surface area contributed by atoms with E-state index in [1.54, 1.807) is 0 Å². The molecule has 1 amide bonds. The molecule has 29 heavy (non-hydrogen) atoms. The zero-order valence-electron chi connectivity index (χ0n) is 17.7. The normalized spacial score (nSPS) is 13.7. The van der Waals surface area contributed by atoms with Gasteiger partial charge in [0.2, 0.25) is 5.91 Å². The summed E-state index contributed by atoms with van der Waals surface area (Å²) in [5.74, 6) is 1.33. The summed E-state index contributed by atoms with van der Waals surface area (Å²) in [6.45, 7) is 11.4. The molecule has 2 heterocycles. The highest BCUT2D eigenvalue weighted by Crippen LogP contribution is 2.07. The van der Waals surface area contributed by atoms with Gasteiger partial charge in [0.05, 0.1) is 0 Å². The molecule has 0 aromatic carbocycles. The highest BCUT2D eigenvalue weighted by atomic mass is 16.3. The summed E-state index contributed by atoms with van der Waals surface area (Å²) in [7, 11) is 0. The van der Waals surface area contributed by atoms with Gasteiger partial charge in [-0.3, -0.25) is 19.3 Å². The number of hydrogen-bond acceptors (Lipinski definition) is 5. The van der Waals surface area contributed by atoms with Crippen molar-refractivity contribution >= 4 is 18.9 Å². The number of nitrogens with zero attached hydrogens (tertiary/aromatic N) is 4. The number of carbonyl (C=O) groups excluding carboxylic acids is 1. The number of imidazole rings is 1. The number of rotatable bonds is 6. The van der Waals surface area contributed by atoms with Crippen molar-refractivity contribution in [3.05, 3.63) is 29.9 Å². The SMILES string of the molecule is CCc1nccn1CCC(=O)N1CCCN(CC=C(C)C)CC1.O=CO.O=CO. The number of hydrogen-bond donors (Lipinski definition) is 2. The molecular formula is C20H34N4O5. The maximum Gasteiger partial charge on any atom is 0.290 e. The first-order valence-corrected chi connectivity index (χ1v) is 9.72. The topological polar surface area (TPSA) is 116 Å². The third kappa shape index (κ3) is 11.7. The lowest BCUT2D eigenvalue weighted by Crippen LogP contribution is -2.35. The smallest absolute Gasteiger partial charge is 0.290 e. The molecule has 2 N–H and O–H groups in total. The monoisotopic (exact) mass is 410 g/mol. The van der Waals surface area contributed by atoms with Crippen molar-refractivity contribution in [2.24, 2.45) is 0 Å². The summed E-state index contributed by atoms with van der Waals surface area (Å²) in [6, 6.07) is 0. The number of amides is 1. The zero-order valence-corrected chi connectivity index (χ0v) is 17.7. The fourth-order valence-corrected chi connectivity index (χ4v) is 2.95. The fourth-order valence-electron chi connectivity index (χ4n) is 2.95. The molecule has 0 radical (unpaired) electrons. The van der Waals surface area contributed by atoms with E-state index in [0.717, 1.165) is 57.9 Å². The third-order valence-electron chi connectivity index (χ3n) is 4.38. The number of aryl methyl sites for hydroxylation is 2. The average molecular weight is 411 g/mol. The first-order chi connectivity index (χ1) is 13.9. The second-order valence-corrected chi connectivity index (χ2v) is 6.67. The van der Waals surface area contributed by atoms with E-state index >= 15 is 0 Å². The molecule has 1 aliphatic heterocycles. The van der Waals surface area contributed by atoms with Crippen molar-refractivity contribution in [1.82, 2.24) is 19.4 Å². The zero-order chi connectivity index (χ0) is 22.1. The lowest BCUT2D eigenvalue weighted by molar-refractivity contribution is -0.131. The van der Waals surface area contributed by atoms with Gasteiger partial charge in [-0.05, 0) is 20.3 Å². The number of carbonyl (C=O) groups is 3. The molecule has 0 saturated carbocycles. The van der Waals surface area contributed by atoms with Gasteiger partial charge in [0.25, 0.3) is 12.9 Å². The van der Waals surface area contributed by atoms with Crippen molar-refractivity contribution in [3.63, 3.8) is 0 Å². The summed E-state index contributed by atoms with van der Waals surface area (Å²) >= 11 is 0. The van der Waals surface area contributed by atoms with Gasteiger partial charge in [0, 0.05) is 64.5 Å². The Hall–Kier alpha value is -2.68. The Bertz CT molecular complexity index is 620. The first kappa shape index (κ1) is 26.3. The predicted molar refractivity (Wildman–Crippen MR) is 111 cm³/mol. The van der Waals surface area contributed by atoms with Crippen LogP contribution in [0.4, 0.5) is 0 Å². The first-order valence-electron chi connectivity index (χ1n) is 9.72. The maximum absolute atomic E-state index is 12.5. The summed E-state index contributed by atoms with van der Waals surface area (Å²) in [4.78, 5) is 38.0. The Morgan fingerprint density at radius 3 is 2.38 bits per heavy atom. The van der Waals surface area contributed by atoms with Crippen LogP contribution < -0.4 is 0 Å². The standard InChI is InChI=1S/C18H30N4O.2CH2O2/c1-4-17-19-8-13-21(17)12-7-18(23)22-10-5-9-20(14-15-22)11-6-16(2)3;2*2-1-3/h6,8,13H,4-5,7,9-12,14-15H2,1-3H3;2*1H,(H,2,3).